The second-order valence-electron chi connectivity index (χ2n) is 13.9. The Balaban J connectivity index is 1.27. The van der Waals surface area contributed by atoms with Crippen LogP contribution < -0.4 is 10.2 Å². The Bertz CT molecular complexity index is 1560. The van der Waals surface area contributed by atoms with E-state index in [2.05, 4.69) is 42.0 Å². The number of esters is 1. The number of aromatic nitrogens is 4. The average molecular weight is 607 g/mol. The first-order valence-electron chi connectivity index (χ1n) is 15.4. The van der Waals surface area contributed by atoms with E-state index in [4.69, 9.17) is 29.0 Å². The van der Waals surface area contributed by atoms with E-state index >= 15 is 0 Å². The number of nitrogens with one attached hydrogen (secondary N) is 1. The molecule has 1 aromatic carbocycles. The molecule has 0 amide bonds. The van der Waals surface area contributed by atoms with Crippen LogP contribution in [0.5, 0.6) is 0 Å². The maximum Gasteiger partial charge on any atom is 0.306 e. The molecule has 0 bridgehead atoms. The third-order valence-corrected chi connectivity index (χ3v) is 9.48. The summed E-state index contributed by atoms with van der Waals surface area (Å²) in [4.78, 5) is 24.1. The molecular formula is C32H46N6O4Si. The molecule has 43 heavy (non-hydrogen) atoms. The molecule has 0 atom stereocenters. The summed E-state index contributed by atoms with van der Waals surface area (Å²) in [6, 6.07) is 9.19. The van der Waals surface area contributed by atoms with Crippen LogP contribution in [0.3, 0.4) is 0 Å². The minimum atomic E-state index is -1.15. The third-order valence-electron chi connectivity index (χ3n) is 7.78. The van der Waals surface area contributed by atoms with Crippen LogP contribution >= 0.6 is 0 Å². The SMILES string of the molecule is Cc1nn(COCC[Si](C)(C)C)c2cc(Nc3nc(N4CCC(CCC(=O)OC(C)(C)C)CC4)c4occc4n3)ccc12. The minimum absolute atomic E-state index is 0.121. The zero-order valence-corrected chi connectivity index (χ0v) is 27.7. The van der Waals surface area contributed by atoms with Gasteiger partial charge in [-0.1, -0.05) is 19.6 Å². The van der Waals surface area contributed by atoms with Crippen LogP contribution in [0.2, 0.25) is 25.7 Å². The molecule has 3 aromatic heterocycles. The number of carbonyl (C=O) groups excluding carboxylic acids is 1. The van der Waals surface area contributed by atoms with Gasteiger partial charge in [0.1, 0.15) is 17.8 Å². The van der Waals surface area contributed by atoms with E-state index in [0.29, 0.717) is 30.6 Å². The zero-order valence-electron chi connectivity index (χ0n) is 26.7. The van der Waals surface area contributed by atoms with E-state index in [1.54, 1.807) is 6.26 Å². The Labute approximate surface area is 255 Å². The highest BCUT2D eigenvalue weighted by molar-refractivity contribution is 6.76. The van der Waals surface area contributed by atoms with Crippen LogP contribution in [0.15, 0.2) is 34.9 Å². The van der Waals surface area contributed by atoms with Crippen LogP contribution in [-0.2, 0) is 21.0 Å². The molecule has 0 radical (unpaired) electrons. The molecule has 5 rings (SSSR count). The van der Waals surface area contributed by atoms with Crippen LogP contribution in [0.4, 0.5) is 17.5 Å². The number of ether oxygens (including phenoxy) is 2. The van der Waals surface area contributed by atoms with E-state index in [1.165, 1.54) is 0 Å². The molecule has 10 nitrogen and oxygen atoms in total. The fraction of sp³-hybridized carbons (Fsp3) is 0.562. The first-order valence-corrected chi connectivity index (χ1v) is 19.1. The van der Waals surface area contributed by atoms with Crippen LogP contribution in [0.25, 0.3) is 22.0 Å². The number of hydrogen-bond donors (Lipinski definition) is 1. The predicted molar refractivity (Wildman–Crippen MR) is 174 cm³/mol. The smallest absolute Gasteiger partial charge is 0.306 e. The highest BCUT2D eigenvalue weighted by atomic mass is 28.3. The van der Waals surface area contributed by atoms with Crippen molar-refractivity contribution in [2.24, 2.45) is 5.92 Å². The van der Waals surface area contributed by atoms with Crippen molar-refractivity contribution in [3.8, 4) is 0 Å². The Morgan fingerprint density at radius 3 is 2.63 bits per heavy atom. The summed E-state index contributed by atoms with van der Waals surface area (Å²) in [7, 11) is -1.15. The molecule has 232 valence electrons. The summed E-state index contributed by atoms with van der Waals surface area (Å²) in [5.74, 6) is 1.67. The number of piperidine rings is 1. The van der Waals surface area contributed by atoms with Crippen molar-refractivity contribution in [3.63, 3.8) is 0 Å². The van der Waals surface area contributed by atoms with Crippen molar-refractivity contribution in [2.75, 3.05) is 29.9 Å². The highest BCUT2D eigenvalue weighted by Gasteiger charge is 2.25. The fourth-order valence-corrected chi connectivity index (χ4v) is 6.20. The largest absolute Gasteiger partial charge is 0.460 e. The molecule has 0 unspecified atom stereocenters. The van der Waals surface area contributed by atoms with Crippen molar-refractivity contribution in [1.82, 2.24) is 19.7 Å². The van der Waals surface area contributed by atoms with Crippen molar-refractivity contribution in [3.05, 3.63) is 36.2 Å². The van der Waals surface area contributed by atoms with Gasteiger partial charge < -0.3 is 24.1 Å². The Morgan fingerprint density at radius 1 is 1.14 bits per heavy atom. The van der Waals surface area contributed by atoms with Gasteiger partial charge in [-0.3, -0.25) is 4.79 Å². The summed E-state index contributed by atoms with van der Waals surface area (Å²) >= 11 is 0. The Hall–Kier alpha value is -3.44. The lowest BCUT2D eigenvalue weighted by Gasteiger charge is -2.32. The second kappa shape index (κ2) is 12.7. The minimum Gasteiger partial charge on any atom is -0.460 e. The Kier molecular flexibility index (Phi) is 9.12. The molecule has 0 spiro atoms. The van der Waals surface area contributed by atoms with E-state index in [1.807, 2.05) is 44.5 Å². The van der Waals surface area contributed by atoms with Crippen LogP contribution in [-0.4, -0.2) is 59.1 Å². The van der Waals surface area contributed by atoms with E-state index in [9.17, 15) is 4.79 Å². The van der Waals surface area contributed by atoms with Gasteiger partial charge >= 0.3 is 5.97 Å². The maximum absolute atomic E-state index is 12.2. The van der Waals surface area contributed by atoms with Crippen molar-refractivity contribution >= 4 is 53.5 Å². The lowest BCUT2D eigenvalue weighted by Crippen LogP contribution is -2.35. The van der Waals surface area contributed by atoms with Crippen LogP contribution in [0.1, 0.15) is 52.1 Å². The molecule has 4 aromatic rings. The molecule has 1 fully saturated rings. The second-order valence-corrected chi connectivity index (χ2v) is 19.5. The number of rotatable bonds is 11. The van der Waals surface area contributed by atoms with E-state index in [0.717, 1.165) is 78.6 Å². The fourth-order valence-electron chi connectivity index (χ4n) is 5.44. The molecule has 0 aliphatic carbocycles. The number of fused-ring (bicyclic) bond motifs is 2. The Morgan fingerprint density at radius 2 is 1.91 bits per heavy atom. The molecule has 11 heteroatoms. The van der Waals surface area contributed by atoms with Gasteiger partial charge in [0, 0.05) is 51.3 Å². The number of benzene rings is 1. The first-order chi connectivity index (χ1) is 20.3. The molecule has 1 saturated heterocycles. The van der Waals surface area contributed by atoms with Gasteiger partial charge in [0.2, 0.25) is 5.95 Å². The standard InChI is InChI=1S/C32H46N6O4Si/c1-22-25-10-9-24(20-27(25)38(36-22)21-40-18-19-43(5,6)7)33-31-34-26-14-17-41-29(26)30(35-31)37-15-12-23(13-16-37)8-11-28(39)42-32(2,3)4/h9-10,14,17,20,23H,8,11-13,15-16,18-19,21H2,1-7H3,(H,33,34,35). The van der Waals surface area contributed by atoms with Gasteiger partial charge in [0.05, 0.1) is 17.5 Å². The topological polar surface area (TPSA) is 108 Å². The van der Waals surface area contributed by atoms with Crippen molar-refractivity contribution < 1.29 is 18.7 Å². The normalized spacial score (nSPS) is 15.0. The van der Waals surface area contributed by atoms with E-state index < -0.39 is 13.7 Å². The van der Waals surface area contributed by atoms with Gasteiger partial charge in [0.15, 0.2) is 11.4 Å². The summed E-state index contributed by atoms with van der Waals surface area (Å²) in [5, 5.41) is 9.25. The number of furan rings is 1. The van der Waals surface area contributed by atoms with Gasteiger partial charge in [-0.2, -0.15) is 10.1 Å². The lowest BCUT2D eigenvalue weighted by atomic mass is 9.92. The monoisotopic (exact) mass is 606 g/mol. The zero-order chi connectivity index (χ0) is 30.8. The first kappa shape index (κ1) is 31.0. The third kappa shape index (κ3) is 8.14. The maximum atomic E-state index is 12.2. The predicted octanol–water partition coefficient (Wildman–Crippen LogP) is 7.28. The molecule has 1 aliphatic rings. The molecule has 0 saturated carbocycles. The number of aryl methyl sites for hydroxylation is 1. The number of anilines is 3. The highest BCUT2D eigenvalue weighted by Crippen LogP contribution is 2.32. The summed E-state index contributed by atoms with van der Waals surface area (Å²) < 4.78 is 19.2. The lowest BCUT2D eigenvalue weighted by molar-refractivity contribution is -0.155. The van der Waals surface area contributed by atoms with Gasteiger partial charge in [-0.25, -0.2) is 9.67 Å². The summed E-state index contributed by atoms with van der Waals surface area (Å²) in [6.07, 6.45) is 4.93. The summed E-state index contributed by atoms with van der Waals surface area (Å²) in [6.45, 7) is 17.7. The van der Waals surface area contributed by atoms with Crippen molar-refractivity contribution in [2.45, 2.75) is 91.4 Å². The number of nitrogens with zero attached hydrogens (tertiary/aromatic N) is 5. The molecule has 1 aliphatic heterocycles. The number of carbonyl (C=O) groups is 1. The van der Waals surface area contributed by atoms with Gasteiger partial charge in [-0.05, 0) is 77.1 Å². The molecule has 4 heterocycles. The van der Waals surface area contributed by atoms with Crippen LogP contribution in [0, 0.1) is 12.8 Å². The van der Waals surface area contributed by atoms with Crippen molar-refractivity contribution in [1.29, 1.82) is 0 Å². The number of hydrogen-bond acceptors (Lipinski definition) is 9. The van der Waals surface area contributed by atoms with Gasteiger partial charge in [0.25, 0.3) is 0 Å². The average Bonchev–Trinajstić information content (AvgIpc) is 3.52. The molecule has 1 N–H and O–H groups in total. The quantitative estimate of drug-likeness (QED) is 0.107. The van der Waals surface area contributed by atoms with Gasteiger partial charge in [-0.15, -0.1) is 0 Å². The molecular weight excluding hydrogens is 560 g/mol. The summed E-state index contributed by atoms with van der Waals surface area (Å²) in [5.41, 5.74) is 3.87. The van der Waals surface area contributed by atoms with E-state index in [-0.39, 0.29) is 5.97 Å².